The highest BCUT2D eigenvalue weighted by Crippen LogP contribution is 2.58. The smallest absolute Gasteiger partial charge is 0.408 e. The molecule has 0 rings (SSSR count). The van der Waals surface area contributed by atoms with Crippen molar-refractivity contribution in [3.63, 3.8) is 0 Å². The molecule has 0 unspecified atom stereocenters. The lowest BCUT2D eigenvalue weighted by molar-refractivity contribution is -0.414. The van der Waals surface area contributed by atoms with Gasteiger partial charge in [-0.2, -0.15) is 43.9 Å². The number of nitrogens with one attached hydrogen (secondary N) is 1. The molecule has 0 aromatic rings. The van der Waals surface area contributed by atoms with Gasteiger partial charge in [-0.3, -0.25) is 0 Å². The first kappa shape index (κ1) is 35.9. The van der Waals surface area contributed by atoms with Gasteiger partial charge in [-0.15, -0.1) is 0 Å². The van der Waals surface area contributed by atoms with Crippen molar-refractivity contribution in [2.24, 2.45) is 0 Å². The van der Waals surface area contributed by atoms with E-state index in [0.717, 1.165) is 6.92 Å². The third-order valence-corrected chi connectivity index (χ3v) is 4.47. The number of halogens is 12. The zero-order valence-electron chi connectivity index (χ0n) is 20.1. The fraction of sp³-hybridized carbons (Fsp3) is 0.650. The lowest BCUT2D eigenvalue weighted by Gasteiger charge is -2.39. The quantitative estimate of drug-likeness (QED) is 0.129. The van der Waals surface area contributed by atoms with E-state index in [9.17, 15) is 67.1 Å². The first-order valence-corrected chi connectivity index (χ1v) is 9.97. The van der Waals surface area contributed by atoms with Crippen LogP contribution in [0, 0.1) is 0 Å². The lowest BCUT2D eigenvalue weighted by atomic mass is 9.94. The molecule has 0 aromatic heterocycles. The van der Waals surface area contributed by atoms with Gasteiger partial charge in [-0.25, -0.2) is 23.2 Å². The van der Waals surface area contributed by atoms with E-state index >= 15 is 0 Å². The molecule has 0 saturated heterocycles. The van der Waals surface area contributed by atoms with Gasteiger partial charge in [0.1, 0.15) is 18.8 Å². The van der Waals surface area contributed by atoms with Gasteiger partial charge in [0, 0.05) is 11.1 Å². The normalized spacial score (nSPS) is 13.5. The van der Waals surface area contributed by atoms with E-state index in [1.54, 1.807) is 5.32 Å². The summed E-state index contributed by atoms with van der Waals surface area (Å²) in [6, 6.07) is 0. The molecule has 226 valence electrons. The summed E-state index contributed by atoms with van der Waals surface area (Å²) in [6.45, 7) is 4.60. The standard InChI is InChI=1S/C20H21F12NO6/c1-9(2)11(34)37-6-15(5,7-38-12(35)10(3)4)33-14(36)39-8-16(23,24)18(27,28)20(31,32)19(29,30)17(25,26)13(21)22/h13H,1,3,6-8H2,2,4-5H3,(H,33,36). The van der Waals surface area contributed by atoms with Gasteiger partial charge in [-0.1, -0.05) is 13.2 Å². The number of carbonyl (C=O) groups is 3. The van der Waals surface area contributed by atoms with E-state index in [0.29, 0.717) is 0 Å². The van der Waals surface area contributed by atoms with E-state index in [4.69, 9.17) is 0 Å². The maximum absolute atomic E-state index is 13.8. The summed E-state index contributed by atoms with van der Waals surface area (Å²) in [5.74, 6) is -38.9. The van der Waals surface area contributed by atoms with Gasteiger partial charge in [0.2, 0.25) is 0 Å². The molecule has 1 amide bonds. The predicted molar refractivity (Wildman–Crippen MR) is 105 cm³/mol. The molecule has 0 bridgehead atoms. The number of hydrogen-bond donors (Lipinski definition) is 1. The highest BCUT2D eigenvalue weighted by molar-refractivity contribution is 5.87. The number of esters is 2. The zero-order valence-corrected chi connectivity index (χ0v) is 20.1. The van der Waals surface area contributed by atoms with E-state index < -0.39 is 79.4 Å². The summed E-state index contributed by atoms with van der Waals surface area (Å²) in [7, 11) is 0. The number of hydrogen-bond acceptors (Lipinski definition) is 6. The highest BCUT2D eigenvalue weighted by atomic mass is 19.4. The van der Waals surface area contributed by atoms with E-state index in [-0.39, 0.29) is 11.1 Å². The van der Waals surface area contributed by atoms with E-state index in [2.05, 4.69) is 27.4 Å². The van der Waals surface area contributed by atoms with Crippen LogP contribution in [0.4, 0.5) is 57.5 Å². The van der Waals surface area contributed by atoms with E-state index in [1.807, 2.05) is 0 Å². The van der Waals surface area contributed by atoms with E-state index in [1.165, 1.54) is 13.8 Å². The van der Waals surface area contributed by atoms with Crippen LogP contribution in [0.2, 0.25) is 0 Å². The Labute approximate surface area is 212 Å². The van der Waals surface area contributed by atoms with Crippen LogP contribution >= 0.6 is 0 Å². The van der Waals surface area contributed by atoms with Gasteiger partial charge in [-0.05, 0) is 20.8 Å². The second kappa shape index (κ2) is 11.9. The molecule has 0 fully saturated rings. The molecule has 0 heterocycles. The Balaban J connectivity index is 5.84. The Hall–Kier alpha value is -3.15. The molecule has 19 heteroatoms. The van der Waals surface area contributed by atoms with Gasteiger partial charge >= 0.3 is 54.1 Å². The molecule has 0 saturated carbocycles. The van der Waals surface area contributed by atoms with Crippen molar-refractivity contribution < 1.29 is 81.3 Å². The zero-order chi connectivity index (χ0) is 31.4. The van der Waals surface area contributed by atoms with Crippen LogP contribution in [-0.2, 0) is 23.8 Å². The summed E-state index contributed by atoms with van der Waals surface area (Å²) in [4.78, 5) is 35.1. The molecule has 0 aliphatic heterocycles. The Kier molecular flexibility index (Phi) is 11.0. The van der Waals surface area contributed by atoms with Crippen LogP contribution in [0.3, 0.4) is 0 Å². The van der Waals surface area contributed by atoms with Crippen molar-refractivity contribution in [1.82, 2.24) is 5.32 Å². The molecule has 1 N–H and O–H groups in total. The van der Waals surface area contributed by atoms with Crippen LogP contribution in [0.1, 0.15) is 20.8 Å². The minimum Gasteiger partial charge on any atom is -0.460 e. The van der Waals surface area contributed by atoms with Crippen molar-refractivity contribution in [3.8, 4) is 0 Å². The number of amides is 1. The van der Waals surface area contributed by atoms with Crippen LogP contribution in [0.25, 0.3) is 0 Å². The number of ether oxygens (including phenoxy) is 3. The summed E-state index contributed by atoms with van der Waals surface area (Å²) in [5, 5.41) is 1.61. The summed E-state index contributed by atoms with van der Waals surface area (Å²) in [6.07, 6.45) is -7.88. The third-order valence-electron chi connectivity index (χ3n) is 4.47. The summed E-state index contributed by atoms with van der Waals surface area (Å²) >= 11 is 0. The van der Waals surface area contributed by atoms with Gasteiger partial charge in [0.25, 0.3) is 0 Å². The van der Waals surface area contributed by atoms with Gasteiger partial charge in [0.05, 0.1) is 0 Å². The van der Waals surface area contributed by atoms with Crippen LogP contribution in [0.15, 0.2) is 24.3 Å². The summed E-state index contributed by atoms with van der Waals surface area (Å²) in [5.41, 5.74) is -2.51. The Bertz CT molecular complexity index is 937. The van der Waals surface area contributed by atoms with Crippen molar-refractivity contribution in [2.75, 3.05) is 19.8 Å². The Morgan fingerprint density at radius 3 is 1.41 bits per heavy atom. The van der Waals surface area contributed by atoms with Crippen LogP contribution in [0.5, 0.6) is 0 Å². The lowest BCUT2D eigenvalue weighted by Crippen LogP contribution is -2.69. The topological polar surface area (TPSA) is 90.9 Å². The molecular formula is C20H21F12NO6. The second-order valence-corrected chi connectivity index (χ2v) is 8.33. The Morgan fingerprint density at radius 1 is 0.692 bits per heavy atom. The van der Waals surface area contributed by atoms with Crippen LogP contribution in [-0.4, -0.2) is 79.4 Å². The fourth-order valence-corrected chi connectivity index (χ4v) is 2.11. The number of rotatable bonds is 14. The molecule has 0 radical (unpaired) electrons. The van der Waals surface area contributed by atoms with Crippen molar-refractivity contribution in [3.05, 3.63) is 24.3 Å². The monoisotopic (exact) mass is 599 g/mol. The molecule has 0 aliphatic carbocycles. The van der Waals surface area contributed by atoms with Crippen LogP contribution < -0.4 is 5.32 Å². The van der Waals surface area contributed by atoms with Crippen molar-refractivity contribution >= 4 is 18.0 Å². The largest absolute Gasteiger partial charge is 0.460 e. The van der Waals surface area contributed by atoms with Gasteiger partial charge < -0.3 is 19.5 Å². The molecule has 0 spiro atoms. The molecular weight excluding hydrogens is 578 g/mol. The first-order chi connectivity index (χ1) is 17.2. The second-order valence-electron chi connectivity index (χ2n) is 8.33. The molecule has 0 aliphatic rings. The highest BCUT2D eigenvalue weighted by Gasteiger charge is 2.87. The first-order valence-electron chi connectivity index (χ1n) is 9.97. The maximum Gasteiger partial charge on any atom is 0.408 e. The van der Waals surface area contributed by atoms with Gasteiger partial charge in [0.15, 0.2) is 6.61 Å². The average molecular weight is 599 g/mol. The molecule has 0 atom stereocenters. The minimum absolute atomic E-state index is 0.198. The van der Waals surface area contributed by atoms with Crippen molar-refractivity contribution in [1.29, 1.82) is 0 Å². The average Bonchev–Trinajstić information content (AvgIpc) is 2.78. The number of alkyl halides is 12. The third kappa shape index (κ3) is 7.71. The number of carbonyl (C=O) groups excluding carboxylic acids is 3. The number of alkyl carbamates (subject to hydrolysis) is 1. The SMILES string of the molecule is C=C(C)C(=O)OCC(C)(COC(=O)C(=C)C)NC(=O)OCC(F)(F)C(F)(F)C(F)(F)C(F)(F)C(F)(F)C(F)F. The minimum atomic E-state index is -7.80. The predicted octanol–water partition coefficient (Wildman–Crippen LogP) is 5.15. The summed E-state index contributed by atoms with van der Waals surface area (Å²) < 4.78 is 172. The van der Waals surface area contributed by atoms with Crippen molar-refractivity contribution in [2.45, 2.75) is 62.3 Å². The fourth-order valence-electron chi connectivity index (χ4n) is 2.11. The Morgan fingerprint density at radius 2 is 1.08 bits per heavy atom. The molecule has 7 nitrogen and oxygen atoms in total. The maximum atomic E-state index is 13.8. The molecule has 0 aromatic carbocycles. The molecule has 39 heavy (non-hydrogen) atoms.